The highest BCUT2D eigenvalue weighted by atomic mass is 19.4. The average molecular weight is 455 g/mol. The van der Waals surface area contributed by atoms with E-state index in [4.69, 9.17) is 4.74 Å². The van der Waals surface area contributed by atoms with Crippen LogP contribution >= 0.6 is 0 Å². The highest BCUT2D eigenvalue weighted by molar-refractivity contribution is 5.94. The minimum atomic E-state index is -4.76. The minimum absolute atomic E-state index is 0.0827. The third kappa shape index (κ3) is 9.11. The molecule has 1 aromatic rings. The van der Waals surface area contributed by atoms with Gasteiger partial charge in [-0.25, -0.2) is 4.79 Å². The summed E-state index contributed by atoms with van der Waals surface area (Å²) in [6.45, 7) is 2.33. The van der Waals surface area contributed by atoms with Gasteiger partial charge in [0.15, 0.2) is 0 Å². The highest BCUT2D eigenvalue weighted by Gasteiger charge is 2.32. The second kappa shape index (κ2) is 11.8. The zero-order chi connectivity index (χ0) is 23.6. The minimum Gasteiger partial charge on any atom is -0.466 e. The summed E-state index contributed by atoms with van der Waals surface area (Å²) in [4.78, 5) is 35.3. The Kier molecular flexibility index (Phi) is 9.11. The first-order valence-electron chi connectivity index (χ1n) is 9.87. The molecule has 0 saturated heterocycles. The number of hydrogen-bond acceptors (Lipinski definition) is 5. The number of rotatable bonds is 9. The van der Waals surface area contributed by atoms with Crippen LogP contribution in [-0.4, -0.2) is 43.5 Å². The third-order valence-electron chi connectivity index (χ3n) is 4.21. The van der Waals surface area contributed by atoms with Crippen LogP contribution < -0.4 is 16.0 Å². The monoisotopic (exact) mass is 455 g/mol. The number of esters is 1. The number of ether oxygens (including phenoxy) is 2. The van der Waals surface area contributed by atoms with Crippen molar-refractivity contribution in [1.29, 1.82) is 0 Å². The van der Waals surface area contributed by atoms with E-state index in [-0.39, 0.29) is 50.2 Å². The van der Waals surface area contributed by atoms with E-state index in [9.17, 15) is 27.6 Å². The molecule has 2 rings (SSSR count). The van der Waals surface area contributed by atoms with Crippen LogP contribution in [0.25, 0.3) is 0 Å². The summed E-state index contributed by atoms with van der Waals surface area (Å²) in [6.07, 6.45) is -0.704. The quantitative estimate of drug-likeness (QED) is 0.497. The zero-order valence-corrected chi connectivity index (χ0v) is 17.3. The summed E-state index contributed by atoms with van der Waals surface area (Å²) in [7, 11) is 0. The van der Waals surface area contributed by atoms with E-state index >= 15 is 0 Å². The van der Waals surface area contributed by atoms with Crippen LogP contribution in [0.15, 0.2) is 48.3 Å². The number of hydrogen-bond donors (Lipinski definition) is 3. The van der Waals surface area contributed by atoms with E-state index in [0.29, 0.717) is 5.56 Å². The Labute approximate surface area is 182 Å². The highest BCUT2D eigenvalue weighted by Crippen LogP contribution is 2.23. The molecule has 1 aromatic carbocycles. The smallest absolute Gasteiger partial charge is 0.466 e. The van der Waals surface area contributed by atoms with Crippen molar-refractivity contribution in [3.05, 3.63) is 59.4 Å². The molecule has 0 aliphatic heterocycles. The molecule has 0 radical (unpaired) electrons. The first kappa shape index (κ1) is 24.8. The number of amides is 3. The summed E-state index contributed by atoms with van der Waals surface area (Å²) in [5.41, 5.74) is 1.14. The molecule has 1 unspecified atom stereocenters. The number of benzene rings is 1. The van der Waals surface area contributed by atoms with Crippen LogP contribution in [0.1, 0.15) is 35.7 Å². The molecule has 1 atom stereocenters. The summed E-state index contributed by atoms with van der Waals surface area (Å²) in [5.74, 6) is -1.04. The fraction of sp³-hybridized carbons (Fsp3) is 0.381. The van der Waals surface area contributed by atoms with Gasteiger partial charge in [0, 0.05) is 18.7 Å². The number of carbonyl (C=O) groups is 3. The summed E-state index contributed by atoms with van der Waals surface area (Å²) in [6, 6.07) is 5.57. The normalized spacial score (nSPS) is 15.4. The summed E-state index contributed by atoms with van der Waals surface area (Å²) < 4.78 is 45.1. The molecular weight excluding hydrogens is 431 g/mol. The number of alkyl halides is 3. The molecule has 32 heavy (non-hydrogen) atoms. The number of allylic oxidation sites excluding steroid dienone is 1. The maximum Gasteiger partial charge on any atom is 0.573 e. The molecule has 11 heteroatoms. The Hall–Kier alpha value is -3.50. The molecule has 1 aliphatic rings. The standard InChI is InChI=1S/C21H24F3N3O5/c1-2-31-18(28)11-12-25-19(29)15-5-3-14(4-6-15)13-26-20(30)27-16-7-9-17(10-8-16)32-21(22,23)24/h3-7,9-10,16H,2,8,11-13H2,1H3,(H,25,29)(H2,26,27,30). The van der Waals surface area contributed by atoms with Gasteiger partial charge in [-0.3, -0.25) is 9.59 Å². The van der Waals surface area contributed by atoms with E-state index in [1.807, 2.05) is 0 Å². The van der Waals surface area contributed by atoms with Crippen molar-refractivity contribution in [2.45, 2.75) is 38.7 Å². The number of nitrogens with one attached hydrogen (secondary N) is 3. The van der Waals surface area contributed by atoms with Crippen molar-refractivity contribution in [3.63, 3.8) is 0 Å². The number of carbonyl (C=O) groups excluding carboxylic acids is 3. The van der Waals surface area contributed by atoms with Crippen molar-refractivity contribution in [1.82, 2.24) is 16.0 Å². The van der Waals surface area contributed by atoms with Gasteiger partial charge in [-0.1, -0.05) is 18.2 Å². The van der Waals surface area contributed by atoms with Crippen LogP contribution in [0.5, 0.6) is 0 Å². The molecule has 1 aliphatic carbocycles. The predicted molar refractivity (Wildman–Crippen MR) is 108 cm³/mol. The molecule has 0 fully saturated rings. The molecule has 0 heterocycles. The predicted octanol–water partition coefficient (Wildman–Crippen LogP) is 2.92. The Bertz CT molecular complexity index is 866. The largest absolute Gasteiger partial charge is 0.573 e. The van der Waals surface area contributed by atoms with E-state index in [2.05, 4.69) is 20.7 Å². The molecule has 0 aromatic heterocycles. The van der Waals surface area contributed by atoms with Crippen LogP contribution in [0.2, 0.25) is 0 Å². The lowest BCUT2D eigenvalue weighted by atomic mass is 10.1. The van der Waals surface area contributed by atoms with Crippen molar-refractivity contribution in [2.24, 2.45) is 0 Å². The lowest BCUT2D eigenvalue weighted by Crippen LogP contribution is -2.41. The van der Waals surface area contributed by atoms with Gasteiger partial charge in [-0.15, -0.1) is 13.2 Å². The first-order valence-corrected chi connectivity index (χ1v) is 9.87. The lowest BCUT2D eigenvalue weighted by Gasteiger charge is -2.19. The Morgan fingerprint density at radius 2 is 1.84 bits per heavy atom. The molecule has 3 amide bonds. The van der Waals surface area contributed by atoms with Crippen molar-refractivity contribution >= 4 is 17.9 Å². The fourth-order valence-electron chi connectivity index (χ4n) is 2.71. The van der Waals surface area contributed by atoms with Gasteiger partial charge in [-0.2, -0.15) is 0 Å². The summed E-state index contributed by atoms with van der Waals surface area (Å²) in [5, 5.41) is 7.88. The lowest BCUT2D eigenvalue weighted by molar-refractivity contribution is -0.303. The van der Waals surface area contributed by atoms with Crippen LogP contribution in [0.4, 0.5) is 18.0 Å². The zero-order valence-electron chi connectivity index (χ0n) is 17.3. The van der Waals surface area contributed by atoms with Crippen molar-refractivity contribution in [3.8, 4) is 0 Å². The Morgan fingerprint density at radius 3 is 2.44 bits per heavy atom. The topological polar surface area (TPSA) is 106 Å². The van der Waals surface area contributed by atoms with Gasteiger partial charge in [0.2, 0.25) is 0 Å². The third-order valence-corrected chi connectivity index (χ3v) is 4.21. The molecule has 8 nitrogen and oxygen atoms in total. The van der Waals surface area contributed by atoms with Crippen molar-refractivity contribution in [2.75, 3.05) is 13.2 Å². The van der Waals surface area contributed by atoms with E-state index in [1.54, 1.807) is 31.2 Å². The molecule has 3 N–H and O–H groups in total. The van der Waals surface area contributed by atoms with E-state index in [1.165, 1.54) is 12.2 Å². The molecular formula is C21H24F3N3O5. The fourth-order valence-corrected chi connectivity index (χ4v) is 2.71. The molecule has 0 bridgehead atoms. The van der Waals surface area contributed by atoms with Crippen LogP contribution in [-0.2, 0) is 20.8 Å². The van der Waals surface area contributed by atoms with Gasteiger partial charge < -0.3 is 25.4 Å². The first-order chi connectivity index (χ1) is 15.2. The van der Waals surface area contributed by atoms with E-state index < -0.39 is 18.4 Å². The Morgan fingerprint density at radius 1 is 1.12 bits per heavy atom. The van der Waals surface area contributed by atoms with Gasteiger partial charge >= 0.3 is 18.4 Å². The van der Waals surface area contributed by atoms with E-state index in [0.717, 1.165) is 11.6 Å². The molecule has 0 spiro atoms. The van der Waals surface area contributed by atoms with Gasteiger partial charge in [-0.05, 0) is 43.2 Å². The molecule has 0 saturated carbocycles. The molecule has 174 valence electrons. The number of urea groups is 1. The van der Waals surface area contributed by atoms with Crippen LogP contribution in [0, 0.1) is 0 Å². The van der Waals surface area contributed by atoms with Crippen molar-refractivity contribution < 1.29 is 37.0 Å². The van der Waals surface area contributed by atoms with Gasteiger partial charge in [0.05, 0.1) is 19.1 Å². The second-order valence-corrected chi connectivity index (χ2v) is 6.69. The second-order valence-electron chi connectivity index (χ2n) is 6.69. The van der Waals surface area contributed by atoms with Gasteiger partial charge in [0.25, 0.3) is 5.91 Å². The van der Waals surface area contributed by atoms with Gasteiger partial charge in [0.1, 0.15) is 5.76 Å². The maximum atomic E-state index is 12.2. The van der Waals surface area contributed by atoms with Crippen LogP contribution in [0.3, 0.4) is 0 Å². The SMILES string of the molecule is CCOC(=O)CCNC(=O)c1ccc(CNC(=O)NC2C=CC(OC(F)(F)F)=CC2)cc1. The Balaban J connectivity index is 1.71. The maximum absolute atomic E-state index is 12.2. The average Bonchev–Trinajstić information content (AvgIpc) is 2.73. The number of halogens is 3. The summed E-state index contributed by atoms with van der Waals surface area (Å²) >= 11 is 0.